The average molecular weight is 252 g/mol. The molecule has 3 heteroatoms. The summed E-state index contributed by atoms with van der Waals surface area (Å²) in [6.07, 6.45) is 9.27. The topological polar surface area (TPSA) is 32.3 Å². The van der Waals surface area contributed by atoms with Crippen molar-refractivity contribution in [3.05, 3.63) is 0 Å². The van der Waals surface area contributed by atoms with Crippen molar-refractivity contribution in [2.24, 2.45) is 11.8 Å². The van der Waals surface area contributed by atoms with Gasteiger partial charge in [0.1, 0.15) is 0 Å². The Kier molecular flexibility index (Phi) is 5.04. The fourth-order valence-corrected chi connectivity index (χ4v) is 3.75. The van der Waals surface area contributed by atoms with Crippen LogP contribution in [0, 0.1) is 11.8 Å². The third kappa shape index (κ3) is 3.05. The van der Waals surface area contributed by atoms with Gasteiger partial charge in [-0.25, -0.2) is 0 Å². The fraction of sp³-hybridized carbons (Fsp3) is 0.933. The van der Waals surface area contributed by atoms with E-state index >= 15 is 0 Å². The molecule has 2 rings (SSSR count). The number of rotatable bonds is 4. The zero-order valence-electron chi connectivity index (χ0n) is 12.0. The molecular weight excluding hydrogens is 224 g/mol. The van der Waals surface area contributed by atoms with Crippen molar-refractivity contribution in [1.82, 2.24) is 10.2 Å². The second kappa shape index (κ2) is 6.55. The molecule has 104 valence electrons. The predicted molar refractivity (Wildman–Crippen MR) is 74.4 cm³/mol. The van der Waals surface area contributed by atoms with E-state index in [0.29, 0.717) is 11.9 Å². The van der Waals surface area contributed by atoms with Gasteiger partial charge in [-0.2, -0.15) is 0 Å². The van der Waals surface area contributed by atoms with Gasteiger partial charge in [-0.05, 0) is 38.6 Å². The first-order valence-electron chi connectivity index (χ1n) is 7.69. The lowest BCUT2D eigenvalue weighted by Gasteiger charge is -2.35. The molecule has 1 heterocycles. The van der Waals surface area contributed by atoms with Gasteiger partial charge < -0.3 is 10.2 Å². The highest BCUT2D eigenvalue weighted by Gasteiger charge is 2.36. The van der Waals surface area contributed by atoms with Gasteiger partial charge in [0.2, 0.25) is 5.91 Å². The third-order valence-electron chi connectivity index (χ3n) is 4.71. The number of hydrogen-bond acceptors (Lipinski definition) is 2. The summed E-state index contributed by atoms with van der Waals surface area (Å²) in [6.45, 7) is 3.84. The fourth-order valence-electron chi connectivity index (χ4n) is 3.75. The van der Waals surface area contributed by atoms with Crippen LogP contribution in [0.3, 0.4) is 0 Å². The number of amides is 1. The maximum absolute atomic E-state index is 12.5. The van der Waals surface area contributed by atoms with E-state index in [0.717, 1.165) is 19.0 Å². The Morgan fingerprint density at radius 2 is 1.94 bits per heavy atom. The Morgan fingerprint density at radius 1 is 1.22 bits per heavy atom. The highest BCUT2D eigenvalue weighted by molar-refractivity contribution is 5.79. The molecule has 0 spiro atoms. The standard InChI is InChI=1S/C15H28N2O/c1-12(11-16-2)15(18)17-10-6-9-14(17)13-7-4-3-5-8-13/h12-14,16H,3-11H2,1-2H3. The van der Waals surface area contributed by atoms with Crippen LogP contribution in [0.4, 0.5) is 0 Å². The van der Waals surface area contributed by atoms with Crippen LogP contribution in [0.2, 0.25) is 0 Å². The second-order valence-corrected chi connectivity index (χ2v) is 6.10. The van der Waals surface area contributed by atoms with Gasteiger partial charge >= 0.3 is 0 Å². The van der Waals surface area contributed by atoms with E-state index in [1.807, 2.05) is 7.05 Å². The first-order valence-corrected chi connectivity index (χ1v) is 7.69. The van der Waals surface area contributed by atoms with Crippen LogP contribution < -0.4 is 5.32 Å². The molecule has 0 aromatic carbocycles. The average Bonchev–Trinajstić information content (AvgIpc) is 2.88. The molecule has 0 aromatic rings. The van der Waals surface area contributed by atoms with E-state index in [4.69, 9.17) is 0 Å². The van der Waals surface area contributed by atoms with Crippen LogP contribution in [0.1, 0.15) is 51.9 Å². The molecule has 2 unspecified atom stereocenters. The molecule has 1 saturated heterocycles. The minimum absolute atomic E-state index is 0.124. The molecule has 2 aliphatic rings. The molecular formula is C15H28N2O. The lowest BCUT2D eigenvalue weighted by Crippen LogP contribution is -2.44. The van der Waals surface area contributed by atoms with Gasteiger partial charge in [0.05, 0.1) is 0 Å². The summed E-state index contributed by atoms with van der Waals surface area (Å²) in [6, 6.07) is 0.553. The number of carbonyl (C=O) groups is 1. The molecule has 1 N–H and O–H groups in total. The molecule has 1 saturated carbocycles. The molecule has 1 aliphatic heterocycles. The summed E-state index contributed by atoms with van der Waals surface area (Å²) in [4.78, 5) is 14.7. The molecule has 18 heavy (non-hydrogen) atoms. The first kappa shape index (κ1) is 13.9. The maximum atomic E-state index is 12.5. The lowest BCUT2D eigenvalue weighted by atomic mass is 9.82. The summed E-state index contributed by atoms with van der Waals surface area (Å²) < 4.78 is 0. The number of hydrogen-bond donors (Lipinski definition) is 1. The molecule has 3 nitrogen and oxygen atoms in total. The zero-order chi connectivity index (χ0) is 13.0. The van der Waals surface area contributed by atoms with Crippen molar-refractivity contribution >= 4 is 5.91 Å². The van der Waals surface area contributed by atoms with Gasteiger partial charge in [0, 0.05) is 25.0 Å². The molecule has 0 bridgehead atoms. The molecule has 1 amide bonds. The van der Waals surface area contributed by atoms with Crippen molar-refractivity contribution in [2.75, 3.05) is 20.1 Å². The molecule has 0 radical (unpaired) electrons. The SMILES string of the molecule is CNCC(C)C(=O)N1CCCC1C1CCCCC1. The summed E-state index contributed by atoms with van der Waals surface area (Å²) in [7, 11) is 1.92. The molecule has 2 fully saturated rings. The Morgan fingerprint density at radius 3 is 2.61 bits per heavy atom. The number of carbonyl (C=O) groups excluding carboxylic acids is 1. The van der Waals surface area contributed by atoms with Crippen LogP contribution in [0.25, 0.3) is 0 Å². The Balaban J connectivity index is 1.95. The van der Waals surface area contributed by atoms with E-state index in [1.165, 1.54) is 44.9 Å². The van der Waals surface area contributed by atoms with Gasteiger partial charge in [0.25, 0.3) is 0 Å². The molecule has 1 aliphatic carbocycles. The highest BCUT2D eigenvalue weighted by atomic mass is 16.2. The van der Waals surface area contributed by atoms with Crippen LogP contribution in [-0.2, 0) is 4.79 Å². The second-order valence-electron chi connectivity index (χ2n) is 6.10. The summed E-state index contributed by atoms with van der Waals surface area (Å²) in [5.74, 6) is 1.28. The van der Waals surface area contributed by atoms with Gasteiger partial charge in [0.15, 0.2) is 0 Å². The minimum atomic E-state index is 0.124. The van der Waals surface area contributed by atoms with Crippen molar-refractivity contribution in [3.63, 3.8) is 0 Å². The molecule has 0 aromatic heterocycles. The zero-order valence-corrected chi connectivity index (χ0v) is 12.0. The van der Waals surface area contributed by atoms with E-state index in [-0.39, 0.29) is 5.92 Å². The first-order chi connectivity index (χ1) is 8.74. The Hall–Kier alpha value is -0.570. The quantitative estimate of drug-likeness (QED) is 0.833. The van der Waals surface area contributed by atoms with E-state index in [1.54, 1.807) is 0 Å². The van der Waals surface area contributed by atoms with E-state index < -0.39 is 0 Å². The number of likely N-dealkylation sites (tertiary alicyclic amines) is 1. The number of nitrogens with one attached hydrogen (secondary N) is 1. The monoisotopic (exact) mass is 252 g/mol. The van der Waals surface area contributed by atoms with Crippen LogP contribution in [-0.4, -0.2) is 37.0 Å². The van der Waals surface area contributed by atoms with Crippen LogP contribution in [0.5, 0.6) is 0 Å². The lowest BCUT2D eigenvalue weighted by molar-refractivity contribution is -0.136. The summed E-state index contributed by atoms with van der Waals surface area (Å²) >= 11 is 0. The Bertz CT molecular complexity index is 274. The minimum Gasteiger partial charge on any atom is -0.339 e. The Labute approximate surface area is 111 Å². The van der Waals surface area contributed by atoms with E-state index in [9.17, 15) is 4.79 Å². The normalized spacial score (nSPS) is 27.4. The van der Waals surface area contributed by atoms with Crippen molar-refractivity contribution < 1.29 is 4.79 Å². The third-order valence-corrected chi connectivity index (χ3v) is 4.71. The van der Waals surface area contributed by atoms with Crippen LogP contribution in [0.15, 0.2) is 0 Å². The van der Waals surface area contributed by atoms with Gasteiger partial charge in [-0.1, -0.05) is 26.2 Å². The maximum Gasteiger partial charge on any atom is 0.226 e. The predicted octanol–water partition coefficient (Wildman–Crippen LogP) is 2.41. The van der Waals surface area contributed by atoms with Gasteiger partial charge in [-0.3, -0.25) is 4.79 Å². The van der Waals surface area contributed by atoms with E-state index in [2.05, 4.69) is 17.1 Å². The van der Waals surface area contributed by atoms with Gasteiger partial charge in [-0.15, -0.1) is 0 Å². The van der Waals surface area contributed by atoms with Crippen LogP contribution >= 0.6 is 0 Å². The smallest absolute Gasteiger partial charge is 0.226 e. The molecule has 2 atom stereocenters. The summed E-state index contributed by atoms with van der Waals surface area (Å²) in [5, 5.41) is 3.12. The number of nitrogens with zero attached hydrogens (tertiary/aromatic N) is 1. The van der Waals surface area contributed by atoms with Crippen molar-refractivity contribution in [2.45, 2.75) is 57.9 Å². The highest BCUT2D eigenvalue weighted by Crippen LogP contribution is 2.34. The summed E-state index contributed by atoms with van der Waals surface area (Å²) in [5.41, 5.74) is 0. The largest absolute Gasteiger partial charge is 0.339 e. The van der Waals surface area contributed by atoms with Crippen molar-refractivity contribution in [1.29, 1.82) is 0 Å². The van der Waals surface area contributed by atoms with Crippen molar-refractivity contribution in [3.8, 4) is 0 Å².